The van der Waals surface area contributed by atoms with Crippen LogP contribution in [0.4, 0.5) is 0 Å². The molecule has 0 fully saturated rings. The van der Waals surface area contributed by atoms with Crippen molar-refractivity contribution in [3.63, 3.8) is 0 Å². The number of rotatable bonds is 7. The van der Waals surface area contributed by atoms with Gasteiger partial charge in [-0.2, -0.15) is 0 Å². The van der Waals surface area contributed by atoms with Crippen LogP contribution < -0.4 is 5.32 Å². The van der Waals surface area contributed by atoms with Crippen molar-refractivity contribution in [2.75, 3.05) is 13.1 Å². The molecule has 0 saturated carbocycles. The van der Waals surface area contributed by atoms with Crippen LogP contribution in [0.2, 0.25) is 5.02 Å². The van der Waals surface area contributed by atoms with Crippen molar-refractivity contribution in [1.29, 1.82) is 0 Å². The van der Waals surface area contributed by atoms with E-state index in [9.17, 15) is 0 Å². The highest BCUT2D eigenvalue weighted by molar-refractivity contribution is 9.10. The maximum absolute atomic E-state index is 6.10. The zero-order chi connectivity index (χ0) is 15.1. The molecule has 112 valence electrons. The van der Waals surface area contributed by atoms with Gasteiger partial charge in [0.2, 0.25) is 0 Å². The highest BCUT2D eigenvalue weighted by atomic mass is 79.9. The Bertz CT molecular complexity index is 559. The van der Waals surface area contributed by atoms with Gasteiger partial charge >= 0.3 is 0 Å². The van der Waals surface area contributed by atoms with Crippen molar-refractivity contribution in [1.82, 2.24) is 5.32 Å². The topological polar surface area (TPSA) is 21.3 Å². The molecular formula is C17H19BrClNO. The van der Waals surface area contributed by atoms with Crippen LogP contribution in [0, 0.1) is 0 Å². The minimum Gasteiger partial charge on any atom is -0.367 e. The maximum atomic E-state index is 6.10. The summed E-state index contributed by atoms with van der Waals surface area (Å²) >= 11 is 9.50. The van der Waals surface area contributed by atoms with Crippen molar-refractivity contribution in [3.8, 4) is 0 Å². The van der Waals surface area contributed by atoms with Gasteiger partial charge in [-0.1, -0.05) is 64.8 Å². The zero-order valence-corrected chi connectivity index (χ0v) is 14.3. The Morgan fingerprint density at radius 1 is 1.14 bits per heavy atom. The van der Waals surface area contributed by atoms with Gasteiger partial charge in [0, 0.05) is 16.0 Å². The average Bonchev–Trinajstić information content (AvgIpc) is 2.50. The van der Waals surface area contributed by atoms with Gasteiger partial charge in [0.15, 0.2) is 0 Å². The Labute approximate surface area is 139 Å². The summed E-state index contributed by atoms with van der Waals surface area (Å²) in [6.07, 6.45) is 0.00863. The molecule has 2 aromatic carbocycles. The van der Waals surface area contributed by atoms with Crippen LogP contribution in [0.3, 0.4) is 0 Å². The van der Waals surface area contributed by atoms with Crippen molar-refractivity contribution in [2.24, 2.45) is 0 Å². The van der Waals surface area contributed by atoms with Crippen molar-refractivity contribution in [2.45, 2.75) is 19.6 Å². The molecule has 0 aliphatic rings. The van der Waals surface area contributed by atoms with Crippen molar-refractivity contribution in [3.05, 3.63) is 69.2 Å². The quantitative estimate of drug-likeness (QED) is 0.745. The van der Waals surface area contributed by atoms with Crippen LogP contribution in [-0.4, -0.2) is 13.1 Å². The number of nitrogens with one attached hydrogen (secondary N) is 1. The van der Waals surface area contributed by atoms with E-state index in [2.05, 4.69) is 34.2 Å². The molecule has 21 heavy (non-hydrogen) atoms. The summed E-state index contributed by atoms with van der Waals surface area (Å²) in [5, 5.41) is 4.08. The van der Waals surface area contributed by atoms with Gasteiger partial charge in [0.1, 0.15) is 0 Å². The summed E-state index contributed by atoms with van der Waals surface area (Å²) in [5.74, 6) is 0. The van der Waals surface area contributed by atoms with Gasteiger partial charge < -0.3 is 10.1 Å². The van der Waals surface area contributed by atoms with Crippen LogP contribution >= 0.6 is 27.5 Å². The molecule has 0 saturated heterocycles. The Hall–Kier alpha value is -0.870. The molecule has 1 atom stereocenters. The number of likely N-dealkylation sites (N-methyl/N-ethyl adjacent to an activating group) is 1. The third kappa shape index (κ3) is 5.11. The highest BCUT2D eigenvalue weighted by Gasteiger charge is 2.12. The molecule has 0 aliphatic heterocycles. The minimum atomic E-state index is 0.00863. The molecule has 0 bridgehead atoms. The molecule has 0 radical (unpaired) electrons. The first-order valence-electron chi connectivity index (χ1n) is 7.02. The van der Waals surface area contributed by atoms with Gasteiger partial charge in [-0.3, -0.25) is 0 Å². The standard InChI is InChI=1S/C17H19BrClNO/c1-2-20-11-17(13-7-9-15(19)10-8-13)21-12-14-5-3-4-6-16(14)18/h3-10,17,20H,2,11-12H2,1H3. The Balaban J connectivity index is 2.06. The van der Waals surface area contributed by atoms with Gasteiger partial charge in [-0.25, -0.2) is 0 Å². The third-order valence-corrected chi connectivity index (χ3v) is 4.24. The second-order valence-electron chi connectivity index (χ2n) is 4.75. The first kappa shape index (κ1) is 16.5. The summed E-state index contributed by atoms with van der Waals surface area (Å²) in [4.78, 5) is 0. The summed E-state index contributed by atoms with van der Waals surface area (Å²) in [6, 6.07) is 16.0. The second kappa shape index (κ2) is 8.54. The summed E-state index contributed by atoms with van der Waals surface area (Å²) in [6.45, 7) is 4.36. The Morgan fingerprint density at radius 2 is 1.86 bits per heavy atom. The lowest BCUT2D eigenvalue weighted by atomic mass is 10.1. The predicted octanol–water partition coefficient (Wildman–Crippen LogP) is 4.97. The molecule has 2 nitrogen and oxygen atoms in total. The number of hydrogen-bond donors (Lipinski definition) is 1. The molecule has 0 aromatic heterocycles. The molecule has 0 spiro atoms. The molecule has 2 aromatic rings. The highest BCUT2D eigenvalue weighted by Crippen LogP contribution is 2.23. The SMILES string of the molecule is CCNCC(OCc1ccccc1Br)c1ccc(Cl)cc1. The van der Waals surface area contributed by atoms with E-state index in [0.29, 0.717) is 6.61 Å². The van der Waals surface area contributed by atoms with Crippen LogP contribution in [0.15, 0.2) is 53.0 Å². The van der Waals surface area contributed by atoms with Crippen molar-refractivity contribution >= 4 is 27.5 Å². The first-order chi connectivity index (χ1) is 10.2. The van der Waals surface area contributed by atoms with Gasteiger partial charge in [0.25, 0.3) is 0 Å². The smallest absolute Gasteiger partial charge is 0.0953 e. The van der Waals surface area contributed by atoms with Crippen LogP contribution in [0.1, 0.15) is 24.2 Å². The van der Waals surface area contributed by atoms with Crippen LogP contribution in [0.5, 0.6) is 0 Å². The molecule has 0 aliphatic carbocycles. The van der Waals surface area contributed by atoms with Gasteiger partial charge in [-0.15, -0.1) is 0 Å². The minimum absolute atomic E-state index is 0.00863. The van der Waals surface area contributed by atoms with Crippen molar-refractivity contribution < 1.29 is 4.74 Å². The predicted molar refractivity (Wildman–Crippen MR) is 91.7 cm³/mol. The molecule has 1 N–H and O–H groups in total. The fraction of sp³-hybridized carbons (Fsp3) is 0.294. The van der Waals surface area contributed by atoms with E-state index in [0.717, 1.165) is 33.7 Å². The normalized spacial score (nSPS) is 12.3. The number of benzene rings is 2. The van der Waals surface area contributed by atoms with Gasteiger partial charge in [0.05, 0.1) is 12.7 Å². The molecule has 0 heterocycles. The lowest BCUT2D eigenvalue weighted by Crippen LogP contribution is -2.23. The van der Waals surface area contributed by atoms with E-state index >= 15 is 0 Å². The Kier molecular flexibility index (Phi) is 6.71. The molecule has 0 amide bonds. The van der Waals surface area contributed by atoms with E-state index in [1.807, 2.05) is 42.5 Å². The fourth-order valence-electron chi connectivity index (χ4n) is 2.03. The second-order valence-corrected chi connectivity index (χ2v) is 6.04. The monoisotopic (exact) mass is 367 g/mol. The van der Waals surface area contributed by atoms with E-state index in [4.69, 9.17) is 16.3 Å². The maximum Gasteiger partial charge on any atom is 0.0953 e. The molecular weight excluding hydrogens is 350 g/mol. The van der Waals surface area contributed by atoms with E-state index in [-0.39, 0.29) is 6.10 Å². The summed E-state index contributed by atoms with van der Waals surface area (Å²) < 4.78 is 7.17. The number of ether oxygens (including phenoxy) is 1. The number of halogens is 2. The van der Waals surface area contributed by atoms with E-state index in [1.54, 1.807) is 0 Å². The molecule has 1 unspecified atom stereocenters. The summed E-state index contributed by atoms with van der Waals surface area (Å²) in [5.41, 5.74) is 2.28. The largest absolute Gasteiger partial charge is 0.367 e. The fourth-order valence-corrected chi connectivity index (χ4v) is 2.56. The van der Waals surface area contributed by atoms with Crippen LogP contribution in [0.25, 0.3) is 0 Å². The summed E-state index contributed by atoms with van der Waals surface area (Å²) in [7, 11) is 0. The third-order valence-electron chi connectivity index (χ3n) is 3.22. The zero-order valence-electron chi connectivity index (χ0n) is 12.0. The van der Waals surface area contributed by atoms with E-state index in [1.165, 1.54) is 0 Å². The number of hydrogen-bond acceptors (Lipinski definition) is 2. The van der Waals surface area contributed by atoms with Crippen LogP contribution in [-0.2, 0) is 11.3 Å². The molecule has 4 heteroatoms. The first-order valence-corrected chi connectivity index (χ1v) is 8.19. The van der Waals surface area contributed by atoms with E-state index < -0.39 is 0 Å². The average molecular weight is 369 g/mol. The molecule has 2 rings (SSSR count). The van der Waals surface area contributed by atoms with Gasteiger partial charge in [-0.05, 0) is 35.9 Å². The lowest BCUT2D eigenvalue weighted by Gasteiger charge is -2.19. The Morgan fingerprint density at radius 3 is 2.52 bits per heavy atom. The lowest BCUT2D eigenvalue weighted by molar-refractivity contribution is 0.0398.